The summed E-state index contributed by atoms with van der Waals surface area (Å²) in [5.74, 6) is 0.364. The van der Waals surface area contributed by atoms with Crippen LogP contribution in [0.2, 0.25) is 5.02 Å². The van der Waals surface area contributed by atoms with E-state index in [2.05, 4.69) is 6.92 Å². The van der Waals surface area contributed by atoms with Crippen LogP contribution in [-0.4, -0.2) is 5.11 Å². The summed E-state index contributed by atoms with van der Waals surface area (Å²) < 4.78 is 13.9. The normalized spacial score (nSPS) is 26.0. The third kappa shape index (κ3) is 2.86. The number of rotatable bonds is 3. The molecule has 0 amide bonds. The summed E-state index contributed by atoms with van der Waals surface area (Å²) in [6.45, 7) is 2.18. The highest BCUT2D eigenvalue weighted by atomic mass is 35.5. The van der Waals surface area contributed by atoms with Gasteiger partial charge in [-0.3, -0.25) is 0 Å². The van der Waals surface area contributed by atoms with Crippen LogP contribution in [0.3, 0.4) is 0 Å². The second kappa shape index (κ2) is 6.03. The Labute approximate surface area is 113 Å². The van der Waals surface area contributed by atoms with Crippen LogP contribution in [0.15, 0.2) is 18.2 Å². The summed E-state index contributed by atoms with van der Waals surface area (Å²) in [6.07, 6.45) is 4.74. The van der Waals surface area contributed by atoms with E-state index in [1.165, 1.54) is 12.5 Å². The molecule has 0 bridgehead atoms. The molecule has 100 valence electrons. The van der Waals surface area contributed by atoms with Crippen molar-refractivity contribution >= 4 is 11.6 Å². The van der Waals surface area contributed by atoms with Crippen molar-refractivity contribution in [3.63, 3.8) is 0 Å². The Morgan fingerprint density at radius 3 is 2.94 bits per heavy atom. The molecule has 3 atom stereocenters. The van der Waals surface area contributed by atoms with Crippen molar-refractivity contribution in [2.45, 2.75) is 45.1 Å². The van der Waals surface area contributed by atoms with E-state index < -0.39 is 11.9 Å². The first kappa shape index (κ1) is 13.8. The highest BCUT2D eigenvalue weighted by molar-refractivity contribution is 6.30. The molecule has 1 aliphatic carbocycles. The van der Waals surface area contributed by atoms with Crippen LogP contribution in [-0.2, 0) is 0 Å². The smallest absolute Gasteiger partial charge is 0.147 e. The Balaban J connectivity index is 2.15. The molecule has 1 aromatic rings. The number of halogens is 2. The highest BCUT2D eigenvalue weighted by Gasteiger charge is 2.29. The minimum Gasteiger partial charge on any atom is -0.388 e. The van der Waals surface area contributed by atoms with Crippen LogP contribution in [0.5, 0.6) is 0 Å². The van der Waals surface area contributed by atoms with Gasteiger partial charge in [0.15, 0.2) is 0 Å². The molecular formula is C15H20ClFO. The van der Waals surface area contributed by atoms with E-state index >= 15 is 0 Å². The second-order valence-electron chi connectivity index (χ2n) is 5.29. The first-order valence-corrected chi connectivity index (χ1v) is 7.13. The van der Waals surface area contributed by atoms with Crippen LogP contribution in [0, 0.1) is 17.7 Å². The van der Waals surface area contributed by atoms with Crippen molar-refractivity contribution < 1.29 is 9.50 Å². The molecule has 1 nitrogen and oxygen atoms in total. The average molecular weight is 271 g/mol. The quantitative estimate of drug-likeness (QED) is 0.842. The predicted octanol–water partition coefficient (Wildman–Crippen LogP) is 4.73. The van der Waals surface area contributed by atoms with E-state index in [0.29, 0.717) is 11.5 Å². The summed E-state index contributed by atoms with van der Waals surface area (Å²) in [5.41, 5.74) is 0.351. The van der Waals surface area contributed by atoms with E-state index in [0.717, 1.165) is 25.7 Å². The van der Waals surface area contributed by atoms with Crippen LogP contribution in [0.4, 0.5) is 4.39 Å². The van der Waals surface area contributed by atoms with Crippen molar-refractivity contribution in [3.05, 3.63) is 34.6 Å². The molecule has 1 saturated carbocycles. The van der Waals surface area contributed by atoms with Crippen molar-refractivity contribution in [2.24, 2.45) is 11.8 Å². The van der Waals surface area contributed by atoms with Crippen molar-refractivity contribution in [2.75, 3.05) is 0 Å². The van der Waals surface area contributed by atoms with Crippen LogP contribution >= 0.6 is 11.6 Å². The summed E-state index contributed by atoms with van der Waals surface area (Å²) >= 11 is 5.77. The van der Waals surface area contributed by atoms with Gasteiger partial charge in [0.1, 0.15) is 5.82 Å². The topological polar surface area (TPSA) is 20.2 Å². The lowest BCUT2D eigenvalue weighted by Crippen LogP contribution is -2.22. The first-order chi connectivity index (χ1) is 8.63. The molecule has 0 radical (unpaired) electrons. The lowest BCUT2D eigenvalue weighted by molar-refractivity contribution is 0.0650. The lowest BCUT2D eigenvalue weighted by atomic mass is 9.76. The minimum atomic E-state index is -0.724. The average Bonchev–Trinajstić information content (AvgIpc) is 2.41. The molecule has 0 spiro atoms. The van der Waals surface area contributed by atoms with Crippen LogP contribution < -0.4 is 0 Å². The maximum atomic E-state index is 13.9. The monoisotopic (exact) mass is 270 g/mol. The summed E-state index contributed by atoms with van der Waals surface area (Å²) in [4.78, 5) is 0. The molecule has 0 saturated heterocycles. The third-order valence-corrected chi connectivity index (χ3v) is 4.44. The van der Waals surface area contributed by atoms with Gasteiger partial charge in [0.2, 0.25) is 0 Å². The Bertz CT molecular complexity index is 407. The zero-order chi connectivity index (χ0) is 13.1. The van der Waals surface area contributed by atoms with Gasteiger partial charge in [0.25, 0.3) is 0 Å². The Kier molecular flexibility index (Phi) is 4.63. The fourth-order valence-corrected chi connectivity index (χ4v) is 3.17. The maximum absolute atomic E-state index is 13.9. The summed E-state index contributed by atoms with van der Waals surface area (Å²) in [6, 6.07) is 4.86. The van der Waals surface area contributed by atoms with Crippen molar-refractivity contribution in [3.8, 4) is 0 Å². The zero-order valence-corrected chi connectivity index (χ0v) is 11.5. The molecule has 0 aliphatic heterocycles. The summed E-state index contributed by atoms with van der Waals surface area (Å²) in [5, 5.41) is 10.5. The fourth-order valence-electron chi connectivity index (χ4n) is 2.99. The largest absolute Gasteiger partial charge is 0.388 e. The van der Waals surface area contributed by atoms with Gasteiger partial charge in [0, 0.05) is 5.56 Å². The first-order valence-electron chi connectivity index (χ1n) is 6.75. The van der Waals surface area contributed by atoms with Crippen molar-refractivity contribution in [1.29, 1.82) is 0 Å². The standard InChI is InChI=1S/C15H20ClFO/c1-2-10-5-3-6-11(9-10)15(18)12-7-4-8-13(16)14(12)17/h4,7-8,10-11,15,18H,2-3,5-6,9H2,1H3. The number of hydrogen-bond donors (Lipinski definition) is 1. The van der Waals surface area contributed by atoms with Gasteiger partial charge >= 0.3 is 0 Å². The lowest BCUT2D eigenvalue weighted by Gasteiger charge is -2.32. The number of aliphatic hydroxyl groups excluding tert-OH is 1. The molecule has 3 heteroatoms. The number of benzene rings is 1. The highest BCUT2D eigenvalue weighted by Crippen LogP contribution is 2.39. The number of hydrogen-bond acceptors (Lipinski definition) is 1. The van der Waals surface area contributed by atoms with Crippen molar-refractivity contribution in [1.82, 2.24) is 0 Å². The summed E-state index contributed by atoms with van der Waals surface area (Å²) in [7, 11) is 0. The molecule has 3 unspecified atom stereocenters. The van der Waals surface area contributed by atoms with Crippen LogP contribution in [0.1, 0.15) is 50.7 Å². The molecule has 2 rings (SSSR count). The minimum absolute atomic E-state index is 0.0920. The van der Waals surface area contributed by atoms with Gasteiger partial charge in [-0.2, -0.15) is 0 Å². The van der Waals surface area contributed by atoms with Gasteiger partial charge < -0.3 is 5.11 Å². The Hall–Kier alpha value is -0.600. The maximum Gasteiger partial charge on any atom is 0.147 e. The predicted molar refractivity (Wildman–Crippen MR) is 72.1 cm³/mol. The van der Waals surface area contributed by atoms with E-state index in [4.69, 9.17) is 11.6 Å². The van der Waals surface area contributed by atoms with E-state index in [1.54, 1.807) is 12.1 Å². The van der Waals surface area contributed by atoms with Gasteiger partial charge in [-0.05, 0) is 30.7 Å². The molecule has 0 heterocycles. The molecule has 18 heavy (non-hydrogen) atoms. The zero-order valence-electron chi connectivity index (χ0n) is 10.7. The van der Waals surface area contributed by atoms with Gasteiger partial charge in [0.05, 0.1) is 11.1 Å². The fraction of sp³-hybridized carbons (Fsp3) is 0.600. The van der Waals surface area contributed by atoms with Gasteiger partial charge in [-0.15, -0.1) is 0 Å². The van der Waals surface area contributed by atoms with Crippen LogP contribution in [0.25, 0.3) is 0 Å². The Morgan fingerprint density at radius 1 is 1.44 bits per heavy atom. The third-order valence-electron chi connectivity index (χ3n) is 4.15. The SMILES string of the molecule is CCC1CCCC(C(O)c2cccc(Cl)c2F)C1. The van der Waals surface area contributed by atoms with E-state index in [1.807, 2.05) is 0 Å². The molecule has 1 aromatic carbocycles. The molecular weight excluding hydrogens is 251 g/mol. The molecule has 1 N–H and O–H groups in total. The molecule has 1 fully saturated rings. The van der Waals surface area contributed by atoms with E-state index in [-0.39, 0.29) is 10.9 Å². The molecule has 1 aliphatic rings. The second-order valence-corrected chi connectivity index (χ2v) is 5.70. The molecule has 0 aromatic heterocycles. The Morgan fingerprint density at radius 2 is 2.22 bits per heavy atom. The number of aliphatic hydroxyl groups is 1. The van der Waals surface area contributed by atoms with Gasteiger partial charge in [-0.1, -0.05) is 49.9 Å². The van der Waals surface area contributed by atoms with Gasteiger partial charge in [-0.25, -0.2) is 4.39 Å². The van der Waals surface area contributed by atoms with E-state index in [9.17, 15) is 9.50 Å².